The minimum Gasteiger partial charge on any atom is -0.384 e. The second-order valence-corrected chi connectivity index (χ2v) is 3.76. The molecule has 4 nitrogen and oxygen atoms in total. The summed E-state index contributed by atoms with van der Waals surface area (Å²) in [6.07, 6.45) is 0. The summed E-state index contributed by atoms with van der Waals surface area (Å²) in [5, 5.41) is 0. The molecule has 0 fully saturated rings. The van der Waals surface area contributed by atoms with Crippen LogP contribution < -0.4 is 11.5 Å². The van der Waals surface area contributed by atoms with Crippen molar-refractivity contribution >= 4 is 11.6 Å². The van der Waals surface area contributed by atoms with E-state index in [4.69, 9.17) is 16.2 Å². The van der Waals surface area contributed by atoms with Crippen LogP contribution in [0.4, 0.5) is 11.6 Å². The third-order valence-corrected chi connectivity index (χ3v) is 2.55. The first-order chi connectivity index (χ1) is 8.22. The first kappa shape index (κ1) is 11.4. The van der Waals surface area contributed by atoms with Gasteiger partial charge in [0.25, 0.3) is 0 Å². The topological polar surface area (TPSA) is 74.2 Å². The summed E-state index contributed by atoms with van der Waals surface area (Å²) in [5.74, 6) is 0.865. The van der Waals surface area contributed by atoms with Gasteiger partial charge in [-0.15, -0.1) is 0 Å². The van der Waals surface area contributed by atoms with Gasteiger partial charge in [-0.25, -0.2) is 4.98 Å². The van der Waals surface area contributed by atoms with Crippen LogP contribution in [0.3, 0.4) is 0 Å². The van der Waals surface area contributed by atoms with Crippen molar-refractivity contribution < 1.29 is 4.74 Å². The highest BCUT2D eigenvalue weighted by Crippen LogP contribution is 2.28. The Hall–Kier alpha value is -2.07. The molecule has 88 valence electrons. The molecule has 4 heteroatoms. The predicted molar refractivity (Wildman–Crippen MR) is 69.2 cm³/mol. The number of aromatic nitrogens is 1. The molecule has 0 radical (unpaired) electrons. The molecule has 1 aromatic heterocycles. The first-order valence-electron chi connectivity index (χ1n) is 5.31. The fraction of sp³-hybridized carbons (Fsp3) is 0.154. The van der Waals surface area contributed by atoms with Crippen LogP contribution in [0.2, 0.25) is 0 Å². The summed E-state index contributed by atoms with van der Waals surface area (Å²) in [6.45, 7) is 0.542. The zero-order valence-corrected chi connectivity index (χ0v) is 9.68. The molecular formula is C13H15N3O. The Kier molecular flexibility index (Phi) is 3.25. The highest BCUT2D eigenvalue weighted by atomic mass is 16.5. The lowest BCUT2D eigenvalue weighted by Gasteiger charge is -2.10. The van der Waals surface area contributed by atoms with Crippen LogP contribution in [0.15, 0.2) is 36.4 Å². The van der Waals surface area contributed by atoms with Crippen LogP contribution in [0.1, 0.15) is 5.56 Å². The van der Waals surface area contributed by atoms with Gasteiger partial charge in [0.1, 0.15) is 11.6 Å². The maximum absolute atomic E-state index is 5.89. The molecule has 0 atom stereocenters. The van der Waals surface area contributed by atoms with E-state index in [0.717, 1.165) is 16.7 Å². The van der Waals surface area contributed by atoms with E-state index >= 15 is 0 Å². The Balaban J connectivity index is 2.52. The number of nitrogens with two attached hydrogens (primary N) is 2. The van der Waals surface area contributed by atoms with Crippen molar-refractivity contribution in [2.45, 2.75) is 6.61 Å². The molecule has 0 aliphatic rings. The molecule has 0 amide bonds. The molecule has 4 N–H and O–H groups in total. The van der Waals surface area contributed by atoms with E-state index in [9.17, 15) is 0 Å². The Morgan fingerprint density at radius 2 is 1.82 bits per heavy atom. The molecule has 2 aromatic rings. The quantitative estimate of drug-likeness (QED) is 0.844. The number of hydrogen-bond acceptors (Lipinski definition) is 4. The van der Waals surface area contributed by atoms with Gasteiger partial charge in [0, 0.05) is 12.7 Å². The van der Waals surface area contributed by atoms with Crippen molar-refractivity contribution in [3.63, 3.8) is 0 Å². The lowest BCUT2D eigenvalue weighted by molar-refractivity contribution is 0.185. The van der Waals surface area contributed by atoms with Gasteiger partial charge >= 0.3 is 0 Å². The van der Waals surface area contributed by atoms with Crippen molar-refractivity contribution in [1.29, 1.82) is 0 Å². The van der Waals surface area contributed by atoms with Crippen LogP contribution in [-0.4, -0.2) is 12.1 Å². The van der Waals surface area contributed by atoms with E-state index in [2.05, 4.69) is 4.98 Å². The predicted octanol–water partition coefficient (Wildman–Crippen LogP) is 2.06. The summed E-state index contributed by atoms with van der Waals surface area (Å²) in [7, 11) is 1.67. The number of hydrogen-bond donors (Lipinski definition) is 2. The Morgan fingerprint density at radius 1 is 1.06 bits per heavy atom. The summed E-state index contributed by atoms with van der Waals surface area (Å²) in [6, 6.07) is 11.6. The average molecular weight is 229 g/mol. The second kappa shape index (κ2) is 4.84. The molecule has 1 aromatic carbocycles. The molecule has 0 saturated carbocycles. The second-order valence-electron chi connectivity index (χ2n) is 3.76. The molecule has 2 rings (SSSR count). The number of benzene rings is 1. The molecule has 0 bridgehead atoms. The van der Waals surface area contributed by atoms with Gasteiger partial charge in [-0.3, -0.25) is 0 Å². The summed E-state index contributed by atoms with van der Waals surface area (Å²) in [5.41, 5.74) is 14.5. The standard InChI is InChI=1S/C13H15N3O/c1-17-8-9-4-2-3-5-10(9)11-6-7-12(14)16-13(11)15/h2-7H,8H2,1H3,(H4,14,15,16). The Labute approximate surface area is 100 Å². The fourth-order valence-electron chi connectivity index (χ4n) is 1.78. The zero-order valence-electron chi connectivity index (χ0n) is 9.68. The summed E-state index contributed by atoms with van der Waals surface area (Å²) < 4.78 is 5.17. The molecule has 0 spiro atoms. The van der Waals surface area contributed by atoms with Gasteiger partial charge in [0.05, 0.1) is 6.61 Å². The number of anilines is 2. The van der Waals surface area contributed by atoms with E-state index in [1.165, 1.54) is 0 Å². The van der Waals surface area contributed by atoms with Gasteiger partial charge in [-0.2, -0.15) is 0 Å². The largest absolute Gasteiger partial charge is 0.384 e. The highest BCUT2D eigenvalue weighted by molar-refractivity contribution is 5.77. The summed E-state index contributed by atoms with van der Waals surface area (Å²) >= 11 is 0. The van der Waals surface area contributed by atoms with E-state index in [1.807, 2.05) is 30.3 Å². The molecule has 0 aliphatic carbocycles. The van der Waals surface area contributed by atoms with E-state index in [0.29, 0.717) is 18.2 Å². The smallest absolute Gasteiger partial charge is 0.133 e. The molecule has 1 heterocycles. The number of pyridine rings is 1. The van der Waals surface area contributed by atoms with Crippen LogP contribution in [0.25, 0.3) is 11.1 Å². The van der Waals surface area contributed by atoms with Crippen molar-refractivity contribution in [3.8, 4) is 11.1 Å². The van der Waals surface area contributed by atoms with Gasteiger partial charge in [-0.05, 0) is 23.3 Å². The molecule has 0 aliphatic heterocycles. The van der Waals surface area contributed by atoms with E-state index < -0.39 is 0 Å². The van der Waals surface area contributed by atoms with E-state index in [-0.39, 0.29) is 0 Å². The van der Waals surface area contributed by atoms with Crippen molar-refractivity contribution in [2.24, 2.45) is 0 Å². The van der Waals surface area contributed by atoms with Crippen molar-refractivity contribution in [2.75, 3.05) is 18.6 Å². The lowest BCUT2D eigenvalue weighted by atomic mass is 10.0. The number of methoxy groups -OCH3 is 1. The average Bonchev–Trinajstić information content (AvgIpc) is 2.31. The minimum atomic E-state index is 0.426. The molecule has 0 unspecified atom stereocenters. The lowest BCUT2D eigenvalue weighted by Crippen LogP contribution is -2.00. The van der Waals surface area contributed by atoms with Gasteiger partial charge in [0.2, 0.25) is 0 Å². The van der Waals surface area contributed by atoms with Crippen LogP contribution >= 0.6 is 0 Å². The van der Waals surface area contributed by atoms with Crippen LogP contribution in [-0.2, 0) is 11.3 Å². The number of ether oxygens (including phenoxy) is 1. The number of nitrogen functional groups attached to an aromatic ring is 2. The number of nitrogens with zero attached hydrogens (tertiary/aromatic N) is 1. The van der Waals surface area contributed by atoms with Gasteiger partial charge in [-0.1, -0.05) is 24.3 Å². The Bertz CT molecular complexity index is 526. The third kappa shape index (κ3) is 2.37. The van der Waals surface area contributed by atoms with Crippen molar-refractivity contribution in [3.05, 3.63) is 42.0 Å². The first-order valence-corrected chi connectivity index (χ1v) is 5.31. The van der Waals surface area contributed by atoms with Gasteiger partial charge in [0.15, 0.2) is 0 Å². The Morgan fingerprint density at radius 3 is 2.53 bits per heavy atom. The molecular weight excluding hydrogens is 214 g/mol. The monoisotopic (exact) mass is 229 g/mol. The minimum absolute atomic E-state index is 0.426. The van der Waals surface area contributed by atoms with Crippen LogP contribution in [0, 0.1) is 0 Å². The summed E-state index contributed by atoms with van der Waals surface area (Å²) in [4.78, 5) is 4.07. The number of rotatable bonds is 3. The third-order valence-electron chi connectivity index (χ3n) is 2.55. The fourth-order valence-corrected chi connectivity index (χ4v) is 1.78. The molecule has 0 saturated heterocycles. The molecule has 17 heavy (non-hydrogen) atoms. The van der Waals surface area contributed by atoms with Gasteiger partial charge < -0.3 is 16.2 Å². The van der Waals surface area contributed by atoms with Crippen LogP contribution in [0.5, 0.6) is 0 Å². The normalized spacial score (nSPS) is 10.4. The highest BCUT2D eigenvalue weighted by Gasteiger charge is 2.08. The SMILES string of the molecule is COCc1ccccc1-c1ccc(N)nc1N. The maximum atomic E-state index is 5.89. The zero-order chi connectivity index (χ0) is 12.3. The maximum Gasteiger partial charge on any atom is 0.133 e. The van der Waals surface area contributed by atoms with E-state index in [1.54, 1.807) is 13.2 Å². The van der Waals surface area contributed by atoms with Crippen molar-refractivity contribution in [1.82, 2.24) is 4.98 Å².